The van der Waals surface area contributed by atoms with Crippen LogP contribution in [0.25, 0.3) is 0 Å². The molecule has 0 atom stereocenters. The molecule has 1 fully saturated rings. The molecule has 0 aliphatic carbocycles. The van der Waals surface area contributed by atoms with E-state index in [2.05, 4.69) is 4.90 Å². The third-order valence-corrected chi connectivity index (χ3v) is 7.77. The quantitative estimate of drug-likeness (QED) is 0.522. The monoisotopic (exact) mass is 471 g/mol. The van der Waals surface area contributed by atoms with Crippen LogP contribution in [0.1, 0.15) is 54.3 Å². The van der Waals surface area contributed by atoms with Gasteiger partial charge in [-0.1, -0.05) is 19.9 Å². The van der Waals surface area contributed by atoms with Crippen LogP contribution in [0.3, 0.4) is 0 Å². The fourth-order valence-electron chi connectivity index (χ4n) is 4.05. The first-order valence-electron chi connectivity index (χ1n) is 11.5. The number of carbonyl (C=O) groups excluding carboxylic acids is 2. The van der Waals surface area contributed by atoms with Gasteiger partial charge in [0.25, 0.3) is 5.91 Å². The molecule has 0 N–H and O–H groups in total. The van der Waals surface area contributed by atoms with Gasteiger partial charge in [0, 0.05) is 56.1 Å². The predicted octanol–water partition coefficient (Wildman–Crippen LogP) is 3.66. The van der Waals surface area contributed by atoms with Crippen molar-refractivity contribution in [1.29, 1.82) is 0 Å². The van der Waals surface area contributed by atoms with Gasteiger partial charge < -0.3 is 9.80 Å². The van der Waals surface area contributed by atoms with Crippen LogP contribution in [0.4, 0.5) is 5.69 Å². The summed E-state index contributed by atoms with van der Waals surface area (Å²) in [6, 6.07) is 13.9. The summed E-state index contributed by atoms with van der Waals surface area (Å²) < 4.78 is 27.7. The molecule has 2 aromatic carbocycles. The lowest BCUT2D eigenvalue weighted by Gasteiger charge is -2.36. The van der Waals surface area contributed by atoms with E-state index in [1.165, 1.54) is 10.4 Å². The first-order valence-corrected chi connectivity index (χ1v) is 13.0. The highest BCUT2D eigenvalue weighted by Gasteiger charge is 2.26. The second-order valence-corrected chi connectivity index (χ2v) is 10.3. The summed E-state index contributed by atoms with van der Waals surface area (Å²) in [7, 11) is -3.64. The van der Waals surface area contributed by atoms with Gasteiger partial charge in [-0.2, -0.15) is 4.31 Å². The van der Waals surface area contributed by atoms with Crippen LogP contribution >= 0.6 is 0 Å². The third kappa shape index (κ3) is 5.81. The highest BCUT2D eigenvalue weighted by atomic mass is 32.2. The van der Waals surface area contributed by atoms with Crippen LogP contribution in [-0.2, 0) is 10.0 Å². The first-order chi connectivity index (χ1) is 15.8. The lowest BCUT2D eigenvalue weighted by molar-refractivity contribution is 0.0746. The molecule has 0 unspecified atom stereocenters. The van der Waals surface area contributed by atoms with Gasteiger partial charge in [0.15, 0.2) is 5.78 Å². The number of sulfonamides is 1. The zero-order valence-electron chi connectivity index (χ0n) is 19.7. The van der Waals surface area contributed by atoms with E-state index in [1.54, 1.807) is 30.0 Å². The van der Waals surface area contributed by atoms with Crippen molar-refractivity contribution in [2.45, 2.75) is 38.5 Å². The van der Waals surface area contributed by atoms with Crippen molar-refractivity contribution in [2.75, 3.05) is 44.2 Å². The number of hydrogen-bond donors (Lipinski definition) is 0. The largest absolute Gasteiger partial charge is 0.368 e. The number of anilines is 1. The van der Waals surface area contributed by atoms with Gasteiger partial charge >= 0.3 is 0 Å². The number of ketones is 1. The molecule has 1 aliphatic rings. The van der Waals surface area contributed by atoms with Gasteiger partial charge in [-0.05, 0) is 62.2 Å². The molecule has 1 amide bonds. The second kappa shape index (κ2) is 10.9. The van der Waals surface area contributed by atoms with Gasteiger partial charge in [0.05, 0.1) is 4.90 Å². The number of hydrogen-bond acceptors (Lipinski definition) is 5. The summed E-state index contributed by atoms with van der Waals surface area (Å²) in [5.74, 6) is -0.120. The maximum absolute atomic E-state index is 13.1. The minimum absolute atomic E-state index is 0.0359. The minimum atomic E-state index is -3.64. The Morgan fingerprint density at radius 2 is 1.48 bits per heavy atom. The molecule has 33 heavy (non-hydrogen) atoms. The fourth-order valence-corrected chi connectivity index (χ4v) is 5.72. The Bertz CT molecular complexity index is 1070. The standard InChI is InChI=1S/C25H33N3O4S/c1-4-13-28(14-5-2)33(31,32)24-8-6-7-22(19-24)25(30)27-17-15-26(16-18-27)23-11-9-21(10-12-23)20(3)29/h6-12,19H,4-5,13-18H2,1-3H3. The number of amides is 1. The zero-order chi connectivity index (χ0) is 24.0. The van der Waals surface area contributed by atoms with E-state index in [0.29, 0.717) is 50.4 Å². The van der Waals surface area contributed by atoms with Gasteiger partial charge in [0.2, 0.25) is 10.0 Å². The Labute approximate surface area is 197 Å². The van der Waals surface area contributed by atoms with Crippen molar-refractivity contribution in [3.05, 3.63) is 59.7 Å². The smallest absolute Gasteiger partial charge is 0.254 e. The van der Waals surface area contributed by atoms with E-state index >= 15 is 0 Å². The Hall–Kier alpha value is -2.71. The molecule has 2 aromatic rings. The van der Waals surface area contributed by atoms with Gasteiger partial charge in [0.1, 0.15) is 0 Å². The van der Waals surface area contributed by atoms with Crippen molar-refractivity contribution in [2.24, 2.45) is 0 Å². The molecular weight excluding hydrogens is 438 g/mol. The van der Waals surface area contributed by atoms with E-state index in [9.17, 15) is 18.0 Å². The Balaban J connectivity index is 1.69. The van der Waals surface area contributed by atoms with Gasteiger partial charge in [-0.15, -0.1) is 0 Å². The van der Waals surface area contributed by atoms with Crippen LogP contribution in [0.5, 0.6) is 0 Å². The highest BCUT2D eigenvalue weighted by Crippen LogP contribution is 2.21. The van der Waals surface area contributed by atoms with Crippen LogP contribution in [0, 0.1) is 0 Å². The molecule has 3 rings (SSSR count). The summed E-state index contributed by atoms with van der Waals surface area (Å²) in [6.07, 6.45) is 1.47. The molecule has 0 bridgehead atoms. The summed E-state index contributed by atoms with van der Waals surface area (Å²) in [5, 5.41) is 0. The van der Waals surface area contributed by atoms with E-state index in [4.69, 9.17) is 0 Å². The Morgan fingerprint density at radius 1 is 0.879 bits per heavy atom. The van der Waals surface area contributed by atoms with E-state index in [1.807, 2.05) is 38.1 Å². The molecule has 1 saturated heterocycles. The summed E-state index contributed by atoms with van der Waals surface area (Å²) in [5.41, 5.74) is 2.09. The third-order valence-electron chi connectivity index (χ3n) is 5.87. The average molecular weight is 472 g/mol. The molecule has 1 aliphatic heterocycles. The number of carbonyl (C=O) groups is 2. The lowest BCUT2D eigenvalue weighted by Crippen LogP contribution is -2.48. The van der Waals surface area contributed by atoms with Gasteiger partial charge in [-0.25, -0.2) is 8.42 Å². The van der Waals surface area contributed by atoms with E-state index in [0.717, 1.165) is 18.5 Å². The summed E-state index contributed by atoms with van der Waals surface area (Å²) in [4.78, 5) is 28.7. The molecule has 0 aromatic heterocycles. The predicted molar refractivity (Wildman–Crippen MR) is 130 cm³/mol. The zero-order valence-corrected chi connectivity index (χ0v) is 20.5. The summed E-state index contributed by atoms with van der Waals surface area (Å²) >= 11 is 0. The van der Waals surface area contributed by atoms with Crippen molar-refractivity contribution >= 4 is 27.4 Å². The fraction of sp³-hybridized carbons (Fsp3) is 0.440. The van der Waals surface area contributed by atoms with Gasteiger partial charge in [-0.3, -0.25) is 9.59 Å². The second-order valence-electron chi connectivity index (χ2n) is 8.31. The molecule has 8 heteroatoms. The topological polar surface area (TPSA) is 78.0 Å². The molecular formula is C25H33N3O4S. The Kier molecular flexibility index (Phi) is 8.26. The lowest BCUT2D eigenvalue weighted by atomic mass is 10.1. The number of nitrogens with zero attached hydrogens (tertiary/aromatic N) is 3. The van der Waals surface area contributed by atoms with Crippen LogP contribution < -0.4 is 4.90 Å². The minimum Gasteiger partial charge on any atom is -0.368 e. The van der Waals surface area contributed by atoms with Crippen molar-refractivity contribution in [1.82, 2.24) is 9.21 Å². The maximum Gasteiger partial charge on any atom is 0.254 e. The number of piperazine rings is 1. The molecule has 0 spiro atoms. The molecule has 178 valence electrons. The van der Waals surface area contributed by atoms with E-state index in [-0.39, 0.29) is 16.6 Å². The first kappa shape index (κ1) is 24.9. The maximum atomic E-state index is 13.1. The number of Topliss-reactive ketones (excluding diaryl/α,β-unsaturated/α-hetero) is 1. The average Bonchev–Trinajstić information content (AvgIpc) is 2.83. The number of benzene rings is 2. The number of rotatable bonds is 9. The van der Waals surface area contributed by atoms with Crippen molar-refractivity contribution in [3.8, 4) is 0 Å². The summed E-state index contributed by atoms with van der Waals surface area (Å²) in [6.45, 7) is 8.81. The van der Waals surface area contributed by atoms with Crippen LogP contribution in [-0.4, -0.2) is 68.6 Å². The molecule has 7 nitrogen and oxygen atoms in total. The highest BCUT2D eigenvalue weighted by molar-refractivity contribution is 7.89. The Morgan fingerprint density at radius 3 is 2.03 bits per heavy atom. The van der Waals surface area contributed by atoms with Crippen LogP contribution in [0.2, 0.25) is 0 Å². The normalized spacial score (nSPS) is 14.5. The van der Waals surface area contributed by atoms with E-state index < -0.39 is 10.0 Å². The molecule has 1 heterocycles. The van der Waals surface area contributed by atoms with Crippen molar-refractivity contribution < 1.29 is 18.0 Å². The SMILES string of the molecule is CCCN(CCC)S(=O)(=O)c1cccc(C(=O)N2CCN(c3ccc(C(C)=O)cc3)CC2)c1. The molecule has 0 radical (unpaired) electrons. The van der Waals surface area contributed by atoms with Crippen LogP contribution in [0.15, 0.2) is 53.4 Å². The van der Waals surface area contributed by atoms with Crippen molar-refractivity contribution in [3.63, 3.8) is 0 Å². The molecule has 0 saturated carbocycles.